The topological polar surface area (TPSA) is 24.7 Å². The van der Waals surface area contributed by atoms with Gasteiger partial charge < -0.3 is 0 Å². The molecule has 0 aliphatic heterocycles. The van der Waals surface area contributed by atoms with Gasteiger partial charge in [-0.1, -0.05) is 372 Å². The summed E-state index contributed by atoms with van der Waals surface area (Å²) in [6.07, 6.45) is 84.1. The Bertz CT molecular complexity index is 1650. The molecule has 2 aromatic carbocycles. The minimum Gasteiger partial charge on any atom is -0.252 e. The van der Waals surface area contributed by atoms with Crippen LogP contribution in [0, 0.1) is 0 Å². The average molecular weight is 1180 g/mol. The maximum absolute atomic E-state index is 5.36. The van der Waals surface area contributed by atoms with Gasteiger partial charge in [-0.3, -0.25) is 9.98 Å². The molecule has 0 atom stereocenters. The third-order valence-corrected chi connectivity index (χ3v) is 16.8. The second kappa shape index (κ2) is 60.5. The first kappa shape index (κ1) is 74.9. The van der Waals surface area contributed by atoms with Crippen molar-refractivity contribution in [2.24, 2.45) is 9.98 Å². The van der Waals surface area contributed by atoms with E-state index >= 15 is 0 Å². The monoisotopic (exact) mass is 1180 g/mol. The smallest absolute Gasteiger partial charge is 0.0634 e. The van der Waals surface area contributed by atoms with E-state index in [0.29, 0.717) is 0 Å². The molecule has 2 rings (SSSR count). The first-order valence-electron chi connectivity index (χ1n) is 35.4. The first-order valence-corrected chi connectivity index (χ1v) is 35.4. The van der Waals surface area contributed by atoms with Crippen LogP contribution in [0.25, 0.3) is 12.2 Å². The van der Waals surface area contributed by atoms with E-state index in [0.717, 1.165) is 37.1 Å². The molecule has 0 bridgehead atoms. The summed E-state index contributed by atoms with van der Waals surface area (Å²) in [7, 11) is 0. The van der Waals surface area contributed by atoms with Gasteiger partial charge in [0.05, 0.1) is 22.8 Å². The Morgan fingerprint density at radius 3 is 0.696 bits per heavy atom. The number of allylic oxidation sites excluding steroid dienone is 2. The van der Waals surface area contributed by atoms with Crippen LogP contribution < -0.4 is 0 Å². The van der Waals surface area contributed by atoms with E-state index in [1.807, 2.05) is 0 Å². The van der Waals surface area contributed by atoms with Gasteiger partial charge in [0.15, 0.2) is 0 Å². The van der Waals surface area contributed by atoms with Crippen molar-refractivity contribution in [3.8, 4) is 0 Å². The molecular formula is C76H132N2Pd. The Morgan fingerprint density at radius 1 is 0.253 bits per heavy atom. The van der Waals surface area contributed by atoms with Crippen molar-refractivity contribution in [1.29, 1.82) is 0 Å². The van der Waals surface area contributed by atoms with E-state index in [1.165, 1.54) is 344 Å². The molecule has 0 fully saturated rings. The van der Waals surface area contributed by atoms with Crippen molar-refractivity contribution in [2.45, 2.75) is 374 Å². The minimum absolute atomic E-state index is 0. The Hall–Kier alpha value is -2.08. The van der Waals surface area contributed by atoms with Crippen molar-refractivity contribution in [3.05, 3.63) is 71.8 Å². The van der Waals surface area contributed by atoms with E-state index in [4.69, 9.17) is 9.98 Å². The quantitative estimate of drug-likeness (QED) is 0.0358. The molecule has 0 amide bonds. The minimum atomic E-state index is 0. The number of hydrogen-bond donors (Lipinski definition) is 0. The fourth-order valence-electron chi connectivity index (χ4n) is 11.4. The molecule has 0 heterocycles. The molecule has 0 saturated carbocycles. The molecule has 0 aromatic heterocycles. The Balaban J connectivity index is 0.0000312. The molecule has 0 aliphatic rings. The van der Waals surface area contributed by atoms with E-state index in [-0.39, 0.29) is 20.4 Å². The van der Waals surface area contributed by atoms with Gasteiger partial charge in [-0.15, -0.1) is 0 Å². The van der Waals surface area contributed by atoms with Crippen LogP contribution in [0.2, 0.25) is 0 Å². The normalized spacial score (nSPS) is 12.2. The van der Waals surface area contributed by atoms with Crippen molar-refractivity contribution in [2.75, 3.05) is 0 Å². The van der Waals surface area contributed by atoms with E-state index < -0.39 is 0 Å². The number of aliphatic imine (C=N–C) groups is 2. The van der Waals surface area contributed by atoms with Gasteiger partial charge in [0.2, 0.25) is 0 Å². The van der Waals surface area contributed by atoms with Gasteiger partial charge in [-0.2, -0.15) is 0 Å². The number of rotatable bonds is 59. The van der Waals surface area contributed by atoms with Crippen LogP contribution in [0.4, 0.5) is 11.4 Å². The van der Waals surface area contributed by atoms with E-state index in [1.54, 1.807) is 0 Å². The molecule has 2 aromatic rings. The molecule has 456 valence electrons. The molecule has 0 spiro atoms. The number of unbranched alkanes of at least 4 members (excludes halogenated alkanes) is 48. The van der Waals surface area contributed by atoms with Crippen LogP contribution in [0.5, 0.6) is 0 Å². The largest absolute Gasteiger partial charge is 0.252 e. The summed E-state index contributed by atoms with van der Waals surface area (Å²) in [5, 5.41) is 0. The summed E-state index contributed by atoms with van der Waals surface area (Å²) in [6, 6.07) is 17.9. The average Bonchev–Trinajstić information content (AvgIpc) is 3.46. The van der Waals surface area contributed by atoms with Crippen molar-refractivity contribution < 1.29 is 20.4 Å². The summed E-state index contributed by atoms with van der Waals surface area (Å²) >= 11 is 0. The summed E-state index contributed by atoms with van der Waals surface area (Å²) in [6.45, 7) is 9.22. The van der Waals surface area contributed by atoms with Gasteiger partial charge in [-0.05, 0) is 86.8 Å². The van der Waals surface area contributed by atoms with Crippen LogP contribution >= 0.6 is 0 Å². The molecule has 0 unspecified atom stereocenters. The number of nitrogens with zero attached hydrogens (tertiary/aromatic N) is 2. The maximum Gasteiger partial charge on any atom is 0.0634 e. The summed E-state index contributed by atoms with van der Waals surface area (Å²) in [5.74, 6) is 0. The first-order chi connectivity index (χ1) is 38.7. The standard InChI is InChI=1S/C76H132N2.Pd/c1-5-9-13-16-19-21-23-25-27-29-31-33-35-37-39-41-43-45-47-49-51-53-56-59-71-63-67-73(68-64-71)77-75(61-12-8-4)76(62-58-55-18-15-11-7-3)78-74-69-65-72(66-70-74)60-57-54-52-50-48-46-44-42-40-38-36-34-32-30-28-26-24-22-20-17-14-10-6-2;/h56-57,59-60,63-70H,5-55,58,61-62H2,1-4H3;. The van der Waals surface area contributed by atoms with Gasteiger partial charge in [0.1, 0.15) is 0 Å². The van der Waals surface area contributed by atoms with Crippen LogP contribution in [-0.2, 0) is 20.4 Å². The number of benzene rings is 2. The van der Waals surface area contributed by atoms with Crippen LogP contribution in [0.3, 0.4) is 0 Å². The molecule has 79 heavy (non-hydrogen) atoms. The molecule has 0 N–H and O–H groups in total. The Morgan fingerprint density at radius 2 is 0.456 bits per heavy atom. The van der Waals surface area contributed by atoms with Crippen molar-refractivity contribution in [3.63, 3.8) is 0 Å². The van der Waals surface area contributed by atoms with Gasteiger partial charge in [0.25, 0.3) is 0 Å². The van der Waals surface area contributed by atoms with Crippen LogP contribution in [0.1, 0.15) is 386 Å². The predicted molar refractivity (Wildman–Crippen MR) is 357 cm³/mol. The van der Waals surface area contributed by atoms with Crippen LogP contribution in [-0.4, -0.2) is 11.4 Å². The Labute approximate surface area is 508 Å². The SMILES string of the molecule is CCCCCCCCCCCCCCCCCCCCCCCC=Cc1ccc(N=C(CCCC)C(CCCCCCCC)=Nc2ccc(C=CCCCCCCCCCCCCCCCCCCCCCCC)cc2)cc1.[Pd]. The fourth-order valence-corrected chi connectivity index (χ4v) is 11.4. The number of hydrogen-bond acceptors (Lipinski definition) is 2. The summed E-state index contributed by atoms with van der Waals surface area (Å²) in [5.41, 5.74) is 7.02. The zero-order valence-corrected chi connectivity index (χ0v) is 54.9. The van der Waals surface area contributed by atoms with Crippen molar-refractivity contribution in [1.82, 2.24) is 0 Å². The molecule has 0 radical (unpaired) electrons. The molecule has 0 aliphatic carbocycles. The maximum atomic E-state index is 5.36. The van der Waals surface area contributed by atoms with E-state index in [2.05, 4.69) is 101 Å². The van der Waals surface area contributed by atoms with E-state index in [9.17, 15) is 0 Å². The van der Waals surface area contributed by atoms with Gasteiger partial charge >= 0.3 is 0 Å². The van der Waals surface area contributed by atoms with Gasteiger partial charge in [0, 0.05) is 20.4 Å². The molecule has 0 saturated heterocycles. The fraction of sp³-hybridized carbons (Fsp3) is 0.763. The molecule has 3 heteroatoms. The second-order valence-electron chi connectivity index (χ2n) is 24.4. The predicted octanol–water partition coefficient (Wildman–Crippen LogP) is 27.7. The summed E-state index contributed by atoms with van der Waals surface area (Å²) < 4.78 is 0. The second-order valence-corrected chi connectivity index (χ2v) is 24.4. The third kappa shape index (κ3) is 49.1. The Kier molecular flexibility index (Phi) is 57.4. The summed E-state index contributed by atoms with van der Waals surface area (Å²) in [4.78, 5) is 10.7. The zero-order valence-electron chi connectivity index (χ0n) is 53.3. The third-order valence-electron chi connectivity index (χ3n) is 16.8. The van der Waals surface area contributed by atoms with Crippen LogP contribution in [0.15, 0.2) is 70.7 Å². The van der Waals surface area contributed by atoms with Gasteiger partial charge in [-0.25, -0.2) is 0 Å². The molecule has 2 nitrogen and oxygen atoms in total. The zero-order chi connectivity index (χ0) is 55.5. The molecular weight excluding hydrogens is 1050 g/mol. The van der Waals surface area contributed by atoms with Crippen molar-refractivity contribution >= 4 is 35.0 Å².